The van der Waals surface area contributed by atoms with Gasteiger partial charge in [-0.2, -0.15) is 0 Å². The van der Waals surface area contributed by atoms with Gasteiger partial charge in [0.05, 0.1) is 0 Å². The van der Waals surface area contributed by atoms with Crippen molar-refractivity contribution in [3.8, 4) is 22.3 Å². The van der Waals surface area contributed by atoms with Gasteiger partial charge in [-0.25, -0.2) is 0 Å². The summed E-state index contributed by atoms with van der Waals surface area (Å²) in [4.78, 5) is 0. The van der Waals surface area contributed by atoms with E-state index in [0.29, 0.717) is 0 Å². The van der Waals surface area contributed by atoms with Crippen LogP contribution in [-0.4, -0.2) is 0 Å². The Balaban J connectivity index is 1.35. The Morgan fingerprint density at radius 2 is 0.844 bits per heavy atom. The number of benzene rings is 9. The molecule has 45 heavy (non-hydrogen) atoms. The third-order valence-corrected chi connectivity index (χ3v) is 9.58. The smallest absolute Gasteiger partial charge is 0.136 e. The van der Waals surface area contributed by atoms with Gasteiger partial charge < -0.3 is 4.42 Å². The fourth-order valence-electron chi connectivity index (χ4n) is 7.52. The minimum absolute atomic E-state index is 0.913. The summed E-state index contributed by atoms with van der Waals surface area (Å²) in [6, 6.07) is 57.5. The first-order valence-corrected chi connectivity index (χ1v) is 15.5. The summed E-state index contributed by atoms with van der Waals surface area (Å²) in [6.45, 7) is 0. The molecule has 1 nitrogen and oxygen atoms in total. The van der Waals surface area contributed by atoms with Gasteiger partial charge in [-0.15, -0.1) is 0 Å². The lowest BCUT2D eigenvalue weighted by Crippen LogP contribution is -1.92. The van der Waals surface area contributed by atoms with Crippen LogP contribution in [0.2, 0.25) is 0 Å². The fourth-order valence-corrected chi connectivity index (χ4v) is 7.52. The zero-order valence-electron chi connectivity index (χ0n) is 24.4. The van der Waals surface area contributed by atoms with Crippen molar-refractivity contribution in [1.29, 1.82) is 0 Å². The summed E-state index contributed by atoms with van der Waals surface area (Å²) in [5.41, 5.74) is 6.81. The SMILES string of the molecule is c1ccc2cc(-c3c4ccccc4c(-c4ccc5oc6cc7ccccc7cc6c5c4)c4ccc5ccccc5c34)ccc2c1. The van der Waals surface area contributed by atoms with E-state index in [0.717, 1.165) is 21.9 Å². The highest BCUT2D eigenvalue weighted by Gasteiger charge is 2.20. The second kappa shape index (κ2) is 9.29. The third-order valence-electron chi connectivity index (χ3n) is 9.58. The van der Waals surface area contributed by atoms with Gasteiger partial charge in [0, 0.05) is 10.8 Å². The van der Waals surface area contributed by atoms with Crippen LogP contribution in [0.4, 0.5) is 0 Å². The normalized spacial score (nSPS) is 12.0. The van der Waals surface area contributed by atoms with Crippen LogP contribution in [0.5, 0.6) is 0 Å². The molecule has 1 aromatic heterocycles. The van der Waals surface area contributed by atoms with E-state index in [9.17, 15) is 0 Å². The molecule has 1 heterocycles. The van der Waals surface area contributed by atoms with Crippen molar-refractivity contribution in [2.24, 2.45) is 0 Å². The molecule has 10 rings (SSSR count). The highest BCUT2D eigenvalue weighted by atomic mass is 16.3. The Bertz CT molecular complexity index is 2820. The lowest BCUT2D eigenvalue weighted by Gasteiger charge is -2.19. The molecular weight excluding hydrogens is 544 g/mol. The van der Waals surface area contributed by atoms with Gasteiger partial charge in [-0.1, -0.05) is 127 Å². The van der Waals surface area contributed by atoms with Gasteiger partial charge in [0.15, 0.2) is 0 Å². The van der Waals surface area contributed by atoms with Gasteiger partial charge in [0.1, 0.15) is 11.2 Å². The maximum absolute atomic E-state index is 6.40. The predicted octanol–water partition coefficient (Wildman–Crippen LogP) is 12.7. The summed E-state index contributed by atoms with van der Waals surface area (Å²) in [7, 11) is 0. The molecule has 0 spiro atoms. The van der Waals surface area contributed by atoms with E-state index in [4.69, 9.17) is 4.42 Å². The molecule has 0 aliphatic heterocycles. The molecule has 0 aliphatic carbocycles. The fraction of sp³-hybridized carbons (Fsp3) is 0. The molecule has 10 aromatic rings. The summed E-state index contributed by atoms with van der Waals surface area (Å²) in [6.07, 6.45) is 0. The number of hydrogen-bond donors (Lipinski definition) is 0. The van der Waals surface area contributed by atoms with Crippen LogP contribution in [0.25, 0.3) is 98.1 Å². The molecule has 0 bridgehead atoms. The van der Waals surface area contributed by atoms with Gasteiger partial charge in [0.25, 0.3) is 0 Å². The molecule has 0 amide bonds. The standard InChI is InChI=1S/C44H26O/c1-2-11-29-23-32(18-17-27(29)9-1)43-36-16-8-7-15-35(36)42(37-21-19-28-10-5-6-14-34(28)44(37)43)33-20-22-40-38(25-33)39-24-30-12-3-4-13-31(30)26-41(39)45-40/h1-26H. The van der Waals surface area contributed by atoms with E-state index in [-0.39, 0.29) is 0 Å². The van der Waals surface area contributed by atoms with E-state index in [2.05, 4.69) is 158 Å². The van der Waals surface area contributed by atoms with E-state index >= 15 is 0 Å². The first-order valence-electron chi connectivity index (χ1n) is 15.5. The highest BCUT2D eigenvalue weighted by molar-refractivity contribution is 6.28. The van der Waals surface area contributed by atoms with Gasteiger partial charge in [0.2, 0.25) is 0 Å². The summed E-state index contributed by atoms with van der Waals surface area (Å²) in [5, 5.41) is 14.8. The van der Waals surface area contributed by atoms with Crippen LogP contribution in [0.1, 0.15) is 0 Å². The van der Waals surface area contributed by atoms with E-state index < -0.39 is 0 Å². The second-order valence-corrected chi connectivity index (χ2v) is 12.1. The average Bonchev–Trinajstić information content (AvgIpc) is 3.45. The molecule has 1 heteroatoms. The van der Waals surface area contributed by atoms with Crippen molar-refractivity contribution >= 4 is 75.8 Å². The summed E-state index contributed by atoms with van der Waals surface area (Å²) >= 11 is 0. The lowest BCUT2D eigenvalue weighted by molar-refractivity contribution is 0.669. The Labute approximate surface area is 259 Å². The number of fused-ring (bicyclic) bond motifs is 9. The molecule has 208 valence electrons. The number of rotatable bonds is 2. The zero-order chi connectivity index (χ0) is 29.5. The van der Waals surface area contributed by atoms with Crippen LogP contribution < -0.4 is 0 Å². The van der Waals surface area contributed by atoms with Crippen LogP contribution in [0.3, 0.4) is 0 Å². The van der Waals surface area contributed by atoms with Crippen LogP contribution >= 0.6 is 0 Å². The van der Waals surface area contributed by atoms with E-state index in [1.807, 2.05) is 0 Å². The maximum Gasteiger partial charge on any atom is 0.136 e. The minimum Gasteiger partial charge on any atom is -0.456 e. The molecule has 9 aromatic carbocycles. The Morgan fingerprint density at radius 1 is 0.289 bits per heavy atom. The maximum atomic E-state index is 6.40. The Hall–Kier alpha value is -5.92. The van der Waals surface area contributed by atoms with Crippen molar-refractivity contribution in [1.82, 2.24) is 0 Å². The lowest BCUT2D eigenvalue weighted by atomic mass is 9.83. The first kappa shape index (κ1) is 24.5. The Kier molecular flexibility index (Phi) is 5.06. The summed E-state index contributed by atoms with van der Waals surface area (Å²) < 4.78 is 6.40. The van der Waals surface area contributed by atoms with Crippen molar-refractivity contribution < 1.29 is 4.42 Å². The average molecular weight is 571 g/mol. The van der Waals surface area contributed by atoms with Crippen LogP contribution in [0.15, 0.2) is 162 Å². The van der Waals surface area contributed by atoms with Crippen molar-refractivity contribution in [3.63, 3.8) is 0 Å². The molecule has 0 saturated carbocycles. The third kappa shape index (κ3) is 3.62. The molecule has 0 N–H and O–H groups in total. The Morgan fingerprint density at radius 3 is 1.64 bits per heavy atom. The highest BCUT2D eigenvalue weighted by Crippen LogP contribution is 2.47. The van der Waals surface area contributed by atoms with E-state index in [1.165, 1.54) is 76.1 Å². The molecular formula is C44H26O. The monoisotopic (exact) mass is 570 g/mol. The zero-order valence-corrected chi connectivity index (χ0v) is 24.4. The number of furan rings is 1. The quantitative estimate of drug-likeness (QED) is 0.149. The first-order chi connectivity index (χ1) is 22.3. The van der Waals surface area contributed by atoms with Crippen LogP contribution in [0, 0.1) is 0 Å². The van der Waals surface area contributed by atoms with E-state index in [1.54, 1.807) is 0 Å². The van der Waals surface area contributed by atoms with Crippen molar-refractivity contribution in [3.05, 3.63) is 158 Å². The number of hydrogen-bond acceptors (Lipinski definition) is 1. The molecule has 0 unspecified atom stereocenters. The molecule has 0 saturated heterocycles. The minimum atomic E-state index is 0.913. The van der Waals surface area contributed by atoms with Crippen molar-refractivity contribution in [2.75, 3.05) is 0 Å². The predicted molar refractivity (Wildman–Crippen MR) is 192 cm³/mol. The molecule has 0 fully saturated rings. The molecule has 0 atom stereocenters. The molecule has 0 aliphatic rings. The summed E-state index contributed by atoms with van der Waals surface area (Å²) in [5.74, 6) is 0. The van der Waals surface area contributed by atoms with Gasteiger partial charge >= 0.3 is 0 Å². The molecule has 0 radical (unpaired) electrons. The van der Waals surface area contributed by atoms with Crippen LogP contribution in [-0.2, 0) is 0 Å². The van der Waals surface area contributed by atoms with Gasteiger partial charge in [-0.3, -0.25) is 0 Å². The van der Waals surface area contributed by atoms with Crippen molar-refractivity contribution in [2.45, 2.75) is 0 Å². The van der Waals surface area contributed by atoms with Gasteiger partial charge in [-0.05, 0) is 106 Å². The second-order valence-electron chi connectivity index (χ2n) is 12.1. The largest absolute Gasteiger partial charge is 0.456 e. The topological polar surface area (TPSA) is 13.1 Å².